The van der Waals surface area contributed by atoms with Crippen molar-refractivity contribution in [2.24, 2.45) is 4.99 Å². The standard InChI is InChI=1S/C23H20N2/c1-2-18-9-12-21(13-10-18)24-17-23-8-5-15-25(23)22-14-11-19-6-3-4-7-20(19)16-22/h3-17H,2H2,1H3. The summed E-state index contributed by atoms with van der Waals surface area (Å²) in [7, 11) is 0. The molecule has 2 heteroatoms. The highest BCUT2D eigenvalue weighted by atomic mass is 15.0. The molecule has 0 aliphatic carbocycles. The second-order valence-electron chi connectivity index (χ2n) is 6.11. The van der Waals surface area contributed by atoms with Gasteiger partial charge in [0.25, 0.3) is 0 Å². The topological polar surface area (TPSA) is 17.3 Å². The molecule has 0 saturated carbocycles. The second kappa shape index (κ2) is 6.78. The minimum Gasteiger partial charge on any atom is -0.316 e. The van der Waals surface area contributed by atoms with Crippen molar-refractivity contribution in [3.63, 3.8) is 0 Å². The molecule has 0 fully saturated rings. The molecule has 0 bridgehead atoms. The van der Waals surface area contributed by atoms with Gasteiger partial charge in [-0.15, -0.1) is 0 Å². The molecule has 4 rings (SSSR count). The summed E-state index contributed by atoms with van der Waals surface area (Å²) in [5.74, 6) is 0. The fourth-order valence-corrected chi connectivity index (χ4v) is 3.02. The van der Waals surface area contributed by atoms with Gasteiger partial charge in [0, 0.05) is 11.9 Å². The van der Waals surface area contributed by atoms with Gasteiger partial charge in [0.05, 0.1) is 17.6 Å². The molecule has 0 N–H and O–H groups in total. The maximum absolute atomic E-state index is 4.63. The zero-order valence-electron chi connectivity index (χ0n) is 14.3. The van der Waals surface area contributed by atoms with E-state index in [1.807, 2.05) is 6.21 Å². The normalized spacial score (nSPS) is 11.4. The van der Waals surface area contributed by atoms with Gasteiger partial charge in [0.1, 0.15) is 0 Å². The molecule has 2 nitrogen and oxygen atoms in total. The minimum atomic E-state index is 0.975. The predicted molar refractivity (Wildman–Crippen MR) is 106 cm³/mol. The summed E-state index contributed by atoms with van der Waals surface area (Å²) in [5, 5.41) is 2.50. The first-order valence-electron chi connectivity index (χ1n) is 8.63. The fourth-order valence-electron chi connectivity index (χ4n) is 3.02. The van der Waals surface area contributed by atoms with Crippen LogP contribution in [-0.4, -0.2) is 10.8 Å². The Morgan fingerprint density at radius 2 is 1.64 bits per heavy atom. The summed E-state index contributed by atoms with van der Waals surface area (Å²) < 4.78 is 2.16. The highest BCUT2D eigenvalue weighted by Crippen LogP contribution is 2.20. The summed E-state index contributed by atoms with van der Waals surface area (Å²) in [6, 6.07) is 27.5. The molecule has 25 heavy (non-hydrogen) atoms. The third-order valence-electron chi connectivity index (χ3n) is 4.48. The largest absolute Gasteiger partial charge is 0.316 e. The molecule has 0 spiro atoms. The van der Waals surface area contributed by atoms with Crippen LogP contribution in [0.1, 0.15) is 18.2 Å². The van der Waals surface area contributed by atoms with Gasteiger partial charge in [0.15, 0.2) is 0 Å². The van der Waals surface area contributed by atoms with Gasteiger partial charge < -0.3 is 4.57 Å². The second-order valence-corrected chi connectivity index (χ2v) is 6.11. The number of aromatic nitrogens is 1. The molecule has 4 aromatic rings. The molecule has 0 radical (unpaired) electrons. The lowest BCUT2D eigenvalue weighted by molar-refractivity contribution is 1.07. The van der Waals surface area contributed by atoms with E-state index in [4.69, 9.17) is 0 Å². The summed E-state index contributed by atoms with van der Waals surface area (Å²) in [6.07, 6.45) is 5.05. The first-order chi connectivity index (χ1) is 12.3. The minimum absolute atomic E-state index is 0.975. The molecule has 0 aliphatic heterocycles. The highest BCUT2D eigenvalue weighted by Gasteiger charge is 2.02. The fraction of sp³-hybridized carbons (Fsp3) is 0.0870. The average Bonchev–Trinajstić information content (AvgIpc) is 3.15. The molecule has 3 aromatic carbocycles. The first-order valence-corrected chi connectivity index (χ1v) is 8.63. The van der Waals surface area contributed by atoms with E-state index in [1.54, 1.807) is 0 Å². The lowest BCUT2D eigenvalue weighted by atomic mass is 10.1. The Labute approximate surface area is 148 Å². The zero-order chi connectivity index (χ0) is 17.1. The zero-order valence-corrected chi connectivity index (χ0v) is 14.3. The van der Waals surface area contributed by atoms with Crippen molar-refractivity contribution in [3.05, 3.63) is 96.3 Å². The van der Waals surface area contributed by atoms with Crippen LogP contribution in [0.5, 0.6) is 0 Å². The monoisotopic (exact) mass is 324 g/mol. The summed E-state index contributed by atoms with van der Waals surface area (Å²) in [4.78, 5) is 4.63. The number of aliphatic imine (C=N–C) groups is 1. The Morgan fingerprint density at radius 1 is 0.840 bits per heavy atom. The number of hydrogen-bond donors (Lipinski definition) is 0. The van der Waals surface area contributed by atoms with Crippen molar-refractivity contribution in [1.82, 2.24) is 4.57 Å². The summed E-state index contributed by atoms with van der Waals surface area (Å²) in [6.45, 7) is 2.16. The Bertz CT molecular complexity index is 1020. The van der Waals surface area contributed by atoms with E-state index in [0.29, 0.717) is 0 Å². The van der Waals surface area contributed by atoms with E-state index in [-0.39, 0.29) is 0 Å². The van der Waals surface area contributed by atoms with Crippen LogP contribution in [-0.2, 0) is 6.42 Å². The van der Waals surface area contributed by atoms with Crippen LogP contribution >= 0.6 is 0 Å². The maximum atomic E-state index is 4.63. The van der Waals surface area contributed by atoms with Crippen molar-refractivity contribution in [2.75, 3.05) is 0 Å². The summed E-state index contributed by atoms with van der Waals surface area (Å²) in [5.41, 5.74) is 4.52. The van der Waals surface area contributed by atoms with Gasteiger partial charge in [-0.05, 0) is 59.2 Å². The van der Waals surface area contributed by atoms with E-state index in [0.717, 1.165) is 23.5 Å². The van der Waals surface area contributed by atoms with Crippen LogP contribution < -0.4 is 0 Å². The van der Waals surface area contributed by atoms with Crippen LogP contribution in [0.25, 0.3) is 16.5 Å². The molecule has 0 atom stereocenters. The van der Waals surface area contributed by atoms with Gasteiger partial charge >= 0.3 is 0 Å². The molecule has 0 saturated heterocycles. The molecular weight excluding hydrogens is 304 g/mol. The highest BCUT2D eigenvalue weighted by molar-refractivity contribution is 5.86. The molecule has 1 aromatic heterocycles. The van der Waals surface area contributed by atoms with Crippen LogP contribution in [0.2, 0.25) is 0 Å². The predicted octanol–water partition coefficient (Wildman–Crippen LogP) is 5.94. The third-order valence-corrected chi connectivity index (χ3v) is 4.48. The van der Waals surface area contributed by atoms with Crippen molar-refractivity contribution in [1.29, 1.82) is 0 Å². The maximum Gasteiger partial charge on any atom is 0.0639 e. The molecule has 0 unspecified atom stereocenters. The van der Waals surface area contributed by atoms with Gasteiger partial charge in [0.2, 0.25) is 0 Å². The smallest absolute Gasteiger partial charge is 0.0639 e. The molecular formula is C23H20N2. The van der Waals surface area contributed by atoms with Crippen molar-refractivity contribution in [3.8, 4) is 5.69 Å². The van der Waals surface area contributed by atoms with Crippen LogP contribution in [0.4, 0.5) is 5.69 Å². The van der Waals surface area contributed by atoms with Crippen molar-refractivity contribution < 1.29 is 0 Å². The van der Waals surface area contributed by atoms with Gasteiger partial charge in [-0.25, -0.2) is 0 Å². The number of aryl methyl sites for hydroxylation is 1. The Morgan fingerprint density at radius 3 is 2.44 bits per heavy atom. The van der Waals surface area contributed by atoms with Crippen LogP contribution in [0.15, 0.2) is 90.1 Å². The quantitative estimate of drug-likeness (QED) is 0.413. The van der Waals surface area contributed by atoms with E-state index >= 15 is 0 Å². The number of rotatable bonds is 4. The molecule has 122 valence electrons. The van der Waals surface area contributed by atoms with Crippen LogP contribution in [0, 0.1) is 0 Å². The van der Waals surface area contributed by atoms with Gasteiger partial charge in [-0.3, -0.25) is 4.99 Å². The number of benzene rings is 3. The molecule has 0 amide bonds. The van der Waals surface area contributed by atoms with Crippen LogP contribution in [0.3, 0.4) is 0 Å². The van der Waals surface area contributed by atoms with Crippen molar-refractivity contribution in [2.45, 2.75) is 13.3 Å². The Balaban J connectivity index is 1.65. The van der Waals surface area contributed by atoms with E-state index in [2.05, 4.69) is 102 Å². The van der Waals surface area contributed by atoms with Crippen molar-refractivity contribution >= 4 is 22.7 Å². The number of hydrogen-bond acceptors (Lipinski definition) is 1. The van der Waals surface area contributed by atoms with E-state index in [1.165, 1.54) is 16.3 Å². The molecule has 0 aliphatic rings. The van der Waals surface area contributed by atoms with Gasteiger partial charge in [-0.2, -0.15) is 0 Å². The lowest BCUT2D eigenvalue weighted by Crippen LogP contribution is -1.97. The Kier molecular flexibility index (Phi) is 4.17. The Hall–Kier alpha value is -3.13. The van der Waals surface area contributed by atoms with E-state index in [9.17, 15) is 0 Å². The number of fused-ring (bicyclic) bond motifs is 1. The molecule has 1 heterocycles. The lowest BCUT2D eigenvalue weighted by Gasteiger charge is -2.08. The van der Waals surface area contributed by atoms with E-state index < -0.39 is 0 Å². The van der Waals surface area contributed by atoms with Gasteiger partial charge in [-0.1, -0.05) is 49.4 Å². The first kappa shape index (κ1) is 15.4. The SMILES string of the molecule is CCc1ccc(N=Cc2cccn2-c2ccc3ccccc3c2)cc1. The number of nitrogens with zero attached hydrogens (tertiary/aromatic N) is 2. The average molecular weight is 324 g/mol. The summed E-state index contributed by atoms with van der Waals surface area (Å²) >= 11 is 0. The third kappa shape index (κ3) is 3.24.